The number of hydrogen-bond donors (Lipinski definition) is 2. The first-order valence-electron chi connectivity index (χ1n) is 9.62. The Morgan fingerprint density at radius 3 is 2.76 bits per heavy atom. The van der Waals surface area contributed by atoms with Crippen molar-refractivity contribution in [2.45, 2.75) is 19.4 Å². The van der Waals surface area contributed by atoms with E-state index in [2.05, 4.69) is 10.2 Å². The van der Waals surface area contributed by atoms with Gasteiger partial charge in [-0.25, -0.2) is 0 Å². The molecular weight excluding hydrogens is 388 g/mol. The average Bonchev–Trinajstić information content (AvgIpc) is 3.23. The van der Waals surface area contributed by atoms with Crippen molar-refractivity contribution in [2.24, 2.45) is 11.7 Å². The SMILES string of the molecule is CN(CC(=O)Nc1ccccc1CN1CCCC(C(N)=O)C1)C(=O)c1cccs1. The van der Waals surface area contributed by atoms with E-state index in [1.807, 2.05) is 35.7 Å². The number of rotatable bonds is 7. The van der Waals surface area contributed by atoms with E-state index in [1.54, 1.807) is 13.1 Å². The zero-order valence-corrected chi connectivity index (χ0v) is 17.3. The summed E-state index contributed by atoms with van der Waals surface area (Å²) in [6.07, 6.45) is 1.76. The van der Waals surface area contributed by atoms with Gasteiger partial charge in [0.25, 0.3) is 5.91 Å². The van der Waals surface area contributed by atoms with Crippen LogP contribution in [0.15, 0.2) is 41.8 Å². The van der Waals surface area contributed by atoms with Gasteiger partial charge in [0.05, 0.1) is 17.3 Å². The Bertz CT molecular complexity index is 869. The van der Waals surface area contributed by atoms with Gasteiger partial charge in [0.2, 0.25) is 11.8 Å². The van der Waals surface area contributed by atoms with Crippen LogP contribution in [-0.4, -0.2) is 54.2 Å². The summed E-state index contributed by atoms with van der Waals surface area (Å²) in [5.41, 5.74) is 7.16. The normalized spacial score (nSPS) is 16.9. The van der Waals surface area contributed by atoms with E-state index in [0.29, 0.717) is 18.0 Å². The molecule has 3 N–H and O–H groups in total. The number of para-hydroxylation sites is 1. The first kappa shape index (κ1) is 21.0. The maximum atomic E-state index is 12.5. The summed E-state index contributed by atoms with van der Waals surface area (Å²) in [6.45, 7) is 2.13. The second kappa shape index (κ2) is 9.67. The second-order valence-corrected chi connectivity index (χ2v) is 8.27. The number of nitrogens with one attached hydrogen (secondary N) is 1. The molecule has 1 fully saturated rings. The van der Waals surface area contributed by atoms with Gasteiger partial charge >= 0.3 is 0 Å². The summed E-state index contributed by atoms with van der Waals surface area (Å²) in [5, 5.41) is 4.75. The molecule has 2 aromatic rings. The van der Waals surface area contributed by atoms with Gasteiger partial charge in [-0.3, -0.25) is 19.3 Å². The Balaban J connectivity index is 1.60. The molecule has 3 amide bonds. The third kappa shape index (κ3) is 5.65. The minimum Gasteiger partial charge on any atom is -0.369 e. The lowest BCUT2D eigenvalue weighted by molar-refractivity contribution is -0.123. The van der Waals surface area contributed by atoms with Crippen molar-refractivity contribution < 1.29 is 14.4 Å². The molecule has 7 nitrogen and oxygen atoms in total. The van der Waals surface area contributed by atoms with Crippen molar-refractivity contribution in [3.8, 4) is 0 Å². The highest BCUT2D eigenvalue weighted by atomic mass is 32.1. The number of nitrogens with zero attached hydrogens (tertiary/aromatic N) is 2. The van der Waals surface area contributed by atoms with Gasteiger partial charge in [0.15, 0.2) is 0 Å². The molecule has 1 aromatic heterocycles. The molecule has 154 valence electrons. The highest BCUT2D eigenvalue weighted by molar-refractivity contribution is 7.12. The number of carbonyl (C=O) groups excluding carboxylic acids is 3. The molecule has 0 radical (unpaired) electrons. The van der Waals surface area contributed by atoms with Crippen LogP contribution in [0.3, 0.4) is 0 Å². The van der Waals surface area contributed by atoms with Gasteiger partial charge in [0, 0.05) is 25.8 Å². The van der Waals surface area contributed by atoms with E-state index in [1.165, 1.54) is 16.2 Å². The minimum atomic E-state index is -0.255. The summed E-state index contributed by atoms with van der Waals surface area (Å²) in [5.74, 6) is -0.801. The third-order valence-electron chi connectivity index (χ3n) is 5.05. The average molecular weight is 415 g/mol. The zero-order valence-electron chi connectivity index (χ0n) is 16.5. The van der Waals surface area contributed by atoms with Gasteiger partial charge in [-0.1, -0.05) is 24.3 Å². The van der Waals surface area contributed by atoms with Crippen molar-refractivity contribution in [1.29, 1.82) is 0 Å². The molecule has 1 aliphatic rings. The third-order valence-corrected chi connectivity index (χ3v) is 5.91. The Hall–Kier alpha value is -2.71. The van der Waals surface area contributed by atoms with E-state index >= 15 is 0 Å². The number of benzene rings is 1. The lowest BCUT2D eigenvalue weighted by atomic mass is 9.97. The van der Waals surface area contributed by atoms with Crippen molar-refractivity contribution in [2.75, 3.05) is 32.0 Å². The second-order valence-electron chi connectivity index (χ2n) is 7.32. The molecule has 1 saturated heterocycles. The van der Waals surface area contributed by atoms with E-state index in [4.69, 9.17) is 5.73 Å². The number of piperidine rings is 1. The van der Waals surface area contributed by atoms with Crippen LogP contribution in [-0.2, 0) is 16.1 Å². The predicted molar refractivity (Wildman–Crippen MR) is 114 cm³/mol. The van der Waals surface area contributed by atoms with Crippen molar-refractivity contribution >= 4 is 34.7 Å². The van der Waals surface area contributed by atoms with E-state index in [9.17, 15) is 14.4 Å². The number of thiophene rings is 1. The molecule has 8 heteroatoms. The Labute approximate surface area is 174 Å². The largest absolute Gasteiger partial charge is 0.369 e. The van der Waals surface area contributed by atoms with Crippen LogP contribution >= 0.6 is 11.3 Å². The lowest BCUT2D eigenvalue weighted by Crippen LogP contribution is -2.40. The molecule has 3 rings (SSSR count). The van der Waals surface area contributed by atoms with E-state index < -0.39 is 0 Å². The van der Waals surface area contributed by atoms with Crippen LogP contribution in [0.1, 0.15) is 28.1 Å². The molecule has 0 spiro atoms. The fourth-order valence-corrected chi connectivity index (χ4v) is 4.24. The van der Waals surface area contributed by atoms with Crippen LogP contribution in [0, 0.1) is 5.92 Å². The molecular formula is C21H26N4O3S. The summed E-state index contributed by atoms with van der Waals surface area (Å²) in [4.78, 5) is 40.5. The first-order valence-corrected chi connectivity index (χ1v) is 10.5. The van der Waals surface area contributed by atoms with Gasteiger partial charge < -0.3 is 16.0 Å². The van der Waals surface area contributed by atoms with Gasteiger partial charge in [-0.05, 0) is 42.5 Å². The smallest absolute Gasteiger partial charge is 0.264 e. The Morgan fingerprint density at radius 1 is 1.24 bits per heavy atom. The predicted octanol–water partition coefficient (Wildman–Crippen LogP) is 2.16. The molecule has 0 aliphatic carbocycles. The standard InChI is InChI=1S/C21H26N4O3S/c1-24(21(28)18-9-5-11-29-18)14-19(26)23-17-8-3-2-6-15(17)12-25-10-4-7-16(13-25)20(22)27/h2-3,5-6,8-9,11,16H,4,7,10,12-14H2,1H3,(H2,22,27)(H,23,26). The first-order chi connectivity index (χ1) is 13.9. The number of likely N-dealkylation sites (tertiary alicyclic amines) is 1. The number of amides is 3. The van der Waals surface area contributed by atoms with E-state index in [-0.39, 0.29) is 30.2 Å². The molecule has 0 bridgehead atoms. The highest BCUT2D eigenvalue weighted by Gasteiger charge is 2.24. The number of hydrogen-bond acceptors (Lipinski definition) is 5. The van der Waals surface area contributed by atoms with Crippen LogP contribution in [0.2, 0.25) is 0 Å². The molecule has 0 saturated carbocycles. The summed E-state index contributed by atoms with van der Waals surface area (Å²) >= 11 is 1.35. The Kier molecular flexibility index (Phi) is 7.00. The maximum Gasteiger partial charge on any atom is 0.264 e. The minimum absolute atomic E-state index is 0.0292. The summed E-state index contributed by atoms with van der Waals surface area (Å²) in [7, 11) is 1.62. The maximum absolute atomic E-state index is 12.5. The van der Waals surface area contributed by atoms with Crippen LogP contribution in [0.25, 0.3) is 0 Å². The van der Waals surface area contributed by atoms with Gasteiger partial charge in [-0.2, -0.15) is 0 Å². The lowest BCUT2D eigenvalue weighted by Gasteiger charge is -2.31. The molecule has 1 atom stereocenters. The zero-order chi connectivity index (χ0) is 20.8. The number of anilines is 1. The van der Waals surface area contributed by atoms with Crippen molar-refractivity contribution in [3.05, 3.63) is 52.2 Å². The molecule has 1 aromatic carbocycles. The number of likely N-dealkylation sites (N-methyl/N-ethyl adjacent to an activating group) is 1. The topological polar surface area (TPSA) is 95.7 Å². The highest BCUT2D eigenvalue weighted by Crippen LogP contribution is 2.22. The summed E-state index contributed by atoms with van der Waals surface area (Å²) < 4.78 is 0. The summed E-state index contributed by atoms with van der Waals surface area (Å²) in [6, 6.07) is 11.2. The van der Waals surface area contributed by atoms with Crippen molar-refractivity contribution in [3.63, 3.8) is 0 Å². The Morgan fingerprint density at radius 2 is 2.03 bits per heavy atom. The number of nitrogens with two attached hydrogens (primary N) is 1. The van der Waals surface area contributed by atoms with E-state index in [0.717, 1.165) is 30.6 Å². The molecule has 29 heavy (non-hydrogen) atoms. The van der Waals surface area contributed by atoms with Crippen LogP contribution < -0.4 is 11.1 Å². The number of primary amides is 1. The molecule has 1 unspecified atom stereocenters. The van der Waals surface area contributed by atoms with Crippen LogP contribution in [0.4, 0.5) is 5.69 Å². The fraction of sp³-hybridized carbons (Fsp3) is 0.381. The van der Waals surface area contributed by atoms with Crippen LogP contribution in [0.5, 0.6) is 0 Å². The molecule has 1 aliphatic heterocycles. The monoisotopic (exact) mass is 414 g/mol. The number of carbonyl (C=O) groups is 3. The fourth-order valence-electron chi connectivity index (χ4n) is 3.52. The quantitative estimate of drug-likeness (QED) is 0.726. The van der Waals surface area contributed by atoms with Gasteiger partial charge in [0.1, 0.15) is 0 Å². The molecule has 2 heterocycles. The van der Waals surface area contributed by atoms with Gasteiger partial charge in [-0.15, -0.1) is 11.3 Å². The van der Waals surface area contributed by atoms with Crippen molar-refractivity contribution in [1.82, 2.24) is 9.80 Å².